The van der Waals surface area contributed by atoms with E-state index >= 15 is 0 Å². The fraction of sp³-hybridized carbons (Fsp3) is 0.947. The Labute approximate surface area is 147 Å². The smallest absolute Gasteiger partial charge is 0.355 e. The molecule has 0 aromatic carbocycles. The van der Waals surface area contributed by atoms with E-state index in [-0.39, 0.29) is 11.3 Å². The molecule has 0 unspecified atom stereocenters. The van der Waals surface area contributed by atoms with Crippen molar-refractivity contribution in [2.24, 2.45) is 29.1 Å². The van der Waals surface area contributed by atoms with Crippen LogP contribution >= 0.6 is 0 Å². The average molecular weight is 358 g/mol. The summed E-state index contributed by atoms with van der Waals surface area (Å²) in [5.41, 5.74) is -0.119. The van der Waals surface area contributed by atoms with Crippen LogP contribution in [0.3, 0.4) is 0 Å². The maximum Gasteiger partial charge on any atom is 0.401 e. The number of carbonyl (C=O) groups excluding carboxylic acids is 1. The molecule has 0 aromatic heterocycles. The number of nitrogens with one attached hydrogen (secondary N) is 1. The number of hydrogen-bond donors (Lipinski definition) is 1. The van der Waals surface area contributed by atoms with Crippen LogP contribution < -0.4 is 5.32 Å². The van der Waals surface area contributed by atoms with Crippen molar-refractivity contribution in [1.29, 1.82) is 0 Å². The molecule has 4 saturated carbocycles. The third kappa shape index (κ3) is 3.83. The summed E-state index contributed by atoms with van der Waals surface area (Å²) in [6.07, 6.45) is 4.55. The zero-order valence-electron chi connectivity index (χ0n) is 14.8. The maximum atomic E-state index is 12.9. The van der Waals surface area contributed by atoms with Crippen LogP contribution in [-0.4, -0.2) is 43.2 Å². The molecule has 5 fully saturated rings. The third-order valence-electron chi connectivity index (χ3n) is 7.18. The SMILES string of the molecule is O=C(NCC1CCN(CC(F)(F)F)CC1)C12CC3CC(CC(C3)C1)C2. The zero-order chi connectivity index (χ0) is 17.7. The van der Waals surface area contributed by atoms with Gasteiger partial charge in [0.2, 0.25) is 5.91 Å². The van der Waals surface area contributed by atoms with Crippen molar-refractivity contribution in [2.45, 2.75) is 57.5 Å². The lowest BCUT2D eigenvalue weighted by molar-refractivity contribution is -0.149. The second-order valence-corrected chi connectivity index (χ2v) is 9.24. The highest BCUT2D eigenvalue weighted by Crippen LogP contribution is 2.60. The molecule has 5 rings (SSSR count). The van der Waals surface area contributed by atoms with Gasteiger partial charge >= 0.3 is 6.18 Å². The van der Waals surface area contributed by atoms with Crippen LogP contribution in [-0.2, 0) is 4.79 Å². The summed E-state index contributed by atoms with van der Waals surface area (Å²) in [5.74, 6) is 2.82. The molecule has 6 heteroatoms. The van der Waals surface area contributed by atoms with Gasteiger partial charge in [0, 0.05) is 12.0 Å². The Balaban J connectivity index is 1.25. The highest BCUT2D eigenvalue weighted by atomic mass is 19.4. The lowest BCUT2D eigenvalue weighted by Crippen LogP contribution is -2.54. The van der Waals surface area contributed by atoms with E-state index in [0.29, 0.717) is 25.6 Å². The topological polar surface area (TPSA) is 32.3 Å². The molecular weight excluding hydrogens is 329 g/mol. The summed E-state index contributed by atoms with van der Waals surface area (Å²) in [4.78, 5) is 14.4. The van der Waals surface area contributed by atoms with Gasteiger partial charge in [-0.3, -0.25) is 9.69 Å². The molecule has 1 amide bonds. The summed E-state index contributed by atoms with van der Waals surface area (Å²) in [6.45, 7) is 0.800. The van der Waals surface area contributed by atoms with Crippen molar-refractivity contribution >= 4 is 5.91 Å². The van der Waals surface area contributed by atoms with Crippen LogP contribution in [0.2, 0.25) is 0 Å². The first-order chi connectivity index (χ1) is 11.8. The molecule has 0 atom stereocenters. The highest BCUT2D eigenvalue weighted by Gasteiger charge is 2.54. The first-order valence-electron chi connectivity index (χ1n) is 9.89. The highest BCUT2D eigenvalue weighted by molar-refractivity contribution is 5.83. The van der Waals surface area contributed by atoms with Gasteiger partial charge < -0.3 is 5.32 Å². The quantitative estimate of drug-likeness (QED) is 0.833. The monoisotopic (exact) mass is 358 g/mol. The Hall–Kier alpha value is -0.780. The number of halogens is 3. The molecule has 25 heavy (non-hydrogen) atoms. The molecule has 142 valence electrons. The van der Waals surface area contributed by atoms with E-state index in [1.54, 1.807) is 0 Å². The molecule has 0 spiro atoms. The van der Waals surface area contributed by atoms with Crippen LogP contribution in [0.1, 0.15) is 51.4 Å². The number of hydrogen-bond acceptors (Lipinski definition) is 2. The van der Waals surface area contributed by atoms with Crippen LogP contribution in [0.5, 0.6) is 0 Å². The molecule has 5 aliphatic rings. The first-order valence-corrected chi connectivity index (χ1v) is 9.89. The molecule has 3 nitrogen and oxygen atoms in total. The van der Waals surface area contributed by atoms with Crippen LogP contribution in [0, 0.1) is 29.1 Å². The largest absolute Gasteiger partial charge is 0.401 e. The molecule has 1 heterocycles. The normalized spacial score (nSPS) is 38.9. The average Bonchev–Trinajstić information content (AvgIpc) is 2.51. The van der Waals surface area contributed by atoms with Crippen LogP contribution in [0.15, 0.2) is 0 Å². The second kappa shape index (κ2) is 6.43. The second-order valence-electron chi connectivity index (χ2n) is 9.24. The zero-order valence-corrected chi connectivity index (χ0v) is 14.8. The van der Waals surface area contributed by atoms with Gasteiger partial charge in [-0.25, -0.2) is 0 Å². The van der Waals surface area contributed by atoms with Crippen molar-refractivity contribution in [3.8, 4) is 0 Å². The number of carbonyl (C=O) groups is 1. The first kappa shape index (κ1) is 17.6. The van der Waals surface area contributed by atoms with Gasteiger partial charge in [-0.05, 0) is 88.1 Å². The van der Waals surface area contributed by atoms with Gasteiger partial charge in [0.1, 0.15) is 0 Å². The van der Waals surface area contributed by atoms with E-state index in [1.165, 1.54) is 24.2 Å². The lowest BCUT2D eigenvalue weighted by Gasteiger charge is -2.55. The van der Waals surface area contributed by atoms with Crippen molar-refractivity contribution in [3.63, 3.8) is 0 Å². The Morgan fingerprint density at radius 3 is 2.00 bits per heavy atom. The van der Waals surface area contributed by atoms with E-state index < -0.39 is 12.7 Å². The van der Waals surface area contributed by atoms with E-state index in [0.717, 1.165) is 49.9 Å². The summed E-state index contributed by atoms with van der Waals surface area (Å²) in [7, 11) is 0. The Kier molecular flexibility index (Phi) is 4.53. The van der Waals surface area contributed by atoms with Crippen LogP contribution in [0.25, 0.3) is 0 Å². The van der Waals surface area contributed by atoms with E-state index in [9.17, 15) is 18.0 Å². The predicted molar refractivity (Wildman–Crippen MR) is 88.8 cm³/mol. The molecule has 1 N–H and O–H groups in total. The fourth-order valence-corrected chi connectivity index (χ4v) is 6.42. The van der Waals surface area contributed by atoms with Crippen molar-refractivity contribution in [3.05, 3.63) is 0 Å². The lowest BCUT2D eigenvalue weighted by atomic mass is 9.49. The van der Waals surface area contributed by atoms with Gasteiger partial charge in [-0.1, -0.05) is 0 Å². The van der Waals surface area contributed by atoms with E-state index in [4.69, 9.17) is 0 Å². The van der Waals surface area contributed by atoms with E-state index in [1.807, 2.05) is 0 Å². The van der Waals surface area contributed by atoms with Gasteiger partial charge in [0.15, 0.2) is 0 Å². The Morgan fingerprint density at radius 2 is 1.52 bits per heavy atom. The number of alkyl halides is 3. The maximum absolute atomic E-state index is 12.9. The van der Waals surface area contributed by atoms with Gasteiger partial charge in [-0.2, -0.15) is 13.2 Å². The predicted octanol–water partition coefficient (Wildman–Crippen LogP) is 3.59. The molecule has 1 aliphatic heterocycles. The van der Waals surface area contributed by atoms with E-state index in [2.05, 4.69) is 5.32 Å². The number of piperidine rings is 1. The minimum Gasteiger partial charge on any atom is -0.355 e. The van der Waals surface area contributed by atoms with Crippen molar-refractivity contribution in [1.82, 2.24) is 10.2 Å². The Bertz CT molecular complexity index is 476. The number of likely N-dealkylation sites (tertiary alicyclic amines) is 1. The molecule has 4 bridgehead atoms. The summed E-state index contributed by atoms with van der Waals surface area (Å²) in [5, 5.41) is 3.19. The number of amides is 1. The van der Waals surface area contributed by atoms with Gasteiger partial charge in [0.25, 0.3) is 0 Å². The molecule has 4 aliphatic carbocycles. The summed E-state index contributed by atoms with van der Waals surface area (Å²) >= 11 is 0. The third-order valence-corrected chi connectivity index (χ3v) is 7.18. The molecule has 0 aromatic rings. The van der Waals surface area contributed by atoms with Gasteiger partial charge in [-0.15, -0.1) is 0 Å². The van der Waals surface area contributed by atoms with Crippen LogP contribution in [0.4, 0.5) is 13.2 Å². The standard InChI is InChI=1S/C19H29F3N2O/c20-19(21,22)12-24-3-1-13(2-4-24)11-23-17(25)18-8-14-5-15(9-18)7-16(6-14)10-18/h13-16H,1-12H2,(H,23,25). The molecular formula is C19H29F3N2O. The fourth-order valence-electron chi connectivity index (χ4n) is 6.42. The summed E-state index contributed by atoms with van der Waals surface area (Å²) < 4.78 is 37.4. The van der Waals surface area contributed by atoms with Gasteiger partial charge in [0.05, 0.1) is 6.54 Å². The summed E-state index contributed by atoms with van der Waals surface area (Å²) in [6, 6.07) is 0. The molecule has 1 saturated heterocycles. The Morgan fingerprint density at radius 1 is 1.00 bits per heavy atom. The molecule has 0 radical (unpaired) electrons. The number of rotatable bonds is 4. The number of nitrogens with zero attached hydrogens (tertiary/aromatic N) is 1. The minimum absolute atomic E-state index is 0.119. The van der Waals surface area contributed by atoms with Crippen molar-refractivity contribution in [2.75, 3.05) is 26.2 Å². The van der Waals surface area contributed by atoms with Crippen molar-refractivity contribution < 1.29 is 18.0 Å². The minimum atomic E-state index is -4.11.